The maximum absolute atomic E-state index is 9.00. The minimum absolute atomic E-state index is 0.106. The van der Waals surface area contributed by atoms with Crippen molar-refractivity contribution in [2.45, 2.75) is 40.0 Å². The average Bonchev–Trinajstić information content (AvgIpc) is 2.89. The molecule has 1 atom stereocenters. The Morgan fingerprint density at radius 1 is 1.45 bits per heavy atom. The quantitative estimate of drug-likeness (QED) is 0.379. The molecule has 1 unspecified atom stereocenters. The van der Waals surface area contributed by atoms with Gasteiger partial charge < -0.3 is 15.8 Å². The zero-order valence-corrected chi connectivity index (χ0v) is 12.4. The van der Waals surface area contributed by atoms with Crippen LogP contribution in [0.1, 0.15) is 43.0 Å². The molecule has 1 aliphatic rings. The van der Waals surface area contributed by atoms with Gasteiger partial charge in [-0.2, -0.15) is 5.10 Å². The average molecular weight is 277 g/mol. The first kappa shape index (κ1) is 14.6. The zero-order chi connectivity index (χ0) is 14.7. The van der Waals surface area contributed by atoms with Crippen LogP contribution in [0.25, 0.3) is 0 Å². The summed E-state index contributed by atoms with van der Waals surface area (Å²) in [7, 11) is 0. The molecule has 2 rings (SSSR count). The largest absolute Gasteiger partial charge is 0.409 e. The summed E-state index contributed by atoms with van der Waals surface area (Å²) in [6, 6.07) is 0. The van der Waals surface area contributed by atoms with Gasteiger partial charge in [0.1, 0.15) is 0 Å². The molecule has 0 amide bonds. The van der Waals surface area contributed by atoms with E-state index in [1.165, 1.54) is 12.8 Å². The molecule has 0 aliphatic carbocycles. The lowest BCUT2D eigenvalue weighted by Crippen LogP contribution is -2.27. The van der Waals surface area contributed by atoms with Gasteiger partial charge in [0, 0.05) is 13.1 Å². The molecule has 6 heteroatoms. The van der Waals surface area contributed by atoms with Crippen molar-refractivity contribution in [2.24, 2.45) is 16.8 Å². The van der Waals surface area contributed by atoms with Crippen LogP contribution in [0, 0.1) is 19.8 Å². The van der Waals surface area contributed by atoms with Crippen molar-refractivity contribution in [3.8, 4) is 0 Å². The molecular formula is C14H23N5O. The SMILES string of the molecule is CCCC1CCN(c2nnc(C)c(C)c2C(N)=NO)C1. The summed E-state index contributed by atoms with van der Waals surface area (Å²) in [5.74, 6) is 1.54. The van der Waals surface area contributed by atoms with Crippen molar-refractivity contribution >= 4 is 11.7 Å². The van der Waals surface area contributed by atoms with Crippen LogP contribution in [0.4, 0.5) is 5.82 Å². The lowest BCUT2D eigenvalue weighted by molar-refractivity contribution is 0.318. The number of aromatic nitrogens is 2. The lowest BCUT2D eigenvalue weighted by atomic mass is 10.0. The molecule has 1 aromatic heterocycles. The van der Waals surface area contributed by atoms with Gasteiger partial charge >= 0.3 is 0 Å². The Kier molecular flexibility index (Phi) is 4.42. The van der Waals surface area contributed by atoms with Crippen LogP contribution in [0.15, 0.2) is 5.16 Å². The van der Waals surface area contributed by atoms with Gasteiger partial charge in [-0.25, -0.2) is 0 Å². The third kappa shape index (κ3) is 2.69. The fraction of sp³-hybridized carbons (Fsp3) is 0.643. The number of hydrogen-bond acceptors (Lipinski definition) is 5. The second-order valence-corrected chi connectivity index (χ2v) is 5.48. The van der Waals surface area contributed by atoms with E-state index in [1.54, 1.807) is 0 Å². The van der Waals surface area contributed by atoms with E-state index in [0.29, 0.717) is 11.5 Å². The fourth-order valence-corrected chi connectivity index (χ4v) is 2.84. The minimum Gasteiger partial charge on any atom is -0.409 e. The maximum atomic E-state index is 9.00. The third-order valence-corrected chi connectivity index (χ3v) is 4.08. The number of amidine groups is 1. The van der Waals surface area contributed by atoms with Crippen LogP contribution in [-0.4, -0.2) is 34.3 Å². The number of rotatable bonds is 4. The van der Waals surface area contributed by atoms with Crippen molar-refractivity contribution in [3.05, 3.63) is 16.8 Å². The Bertz CT molecular complexity index is 515. The van der Waals surface area contributed by atoms with Gasteiger partial charge in [0.2, 0.25) is 0 Å². The molecule has 1 aromatic rings. The van der Waals surface area contributed by atoms with E-state index >= 15 is 0 Å². The first-order valence-corrected chi connectivity index (χ1v) is 7.15. The third-order valence-electron chi connectivity index (χ3n) is 4.08. The number of anilines is 1. The van der Waals surface area contributed by atoms with E-state index in [-0.39, 0.29) is 5.84 Å². The van der Waals surface area contributed by atoms with E-state index in [4.69, 9.17) is 10.9 Å². The molecular weight excluding hydrogens is 254 g/mol. The summed E-state index contributed by atoms with van der Waals surface area (Å²) in [4.78, 5) is 2.20. The van der Waals surface area contributed by atoms with Crippen molar-refractivity contribution in [3.63, 3.8) is 0 Å². The lowest BCUT2D eigenvalue weighted by Gasteiger charge is -2.21. The first-order valence-electron chi connectivity index (χ1n) is 7.15. The van der Waals surface area contributed by atoms with Gasteiger partial charge in [0.25, 0.3) is 0 Å². The van der Waals surface area contributed by atoms with Crippen LogP contribution < -0.4 is 10.6 Å². The predicted octanol–water partition coefficient (Wildman–Crippen LogP) is 1.81. The van der Waals surface area contributed by atoms with Crippen LogP contribution >= 0.6 is 0 Å². The Labute approximate surface area is 119 Å². The van der Waals surface area contributed by atoms with Gasteiger partial charge in [0.05, 0.1) is 11.3 Å². The molecule has 0 spiro atoms. The van der Waals surface area contributed by atoms with E-state index < -0.39 is 0 Å². The second kappa shape index (κ2) is 6.07. The molecule has 20 heavy (non-hydrogen) atoms. The number of oxime groups is 1. The summed E-state index contributed by atoms with van der Waals surface area (Å²) in [5, 5.41) is 20.6. The van der Waals surface area contributed by atoms with Crippen molar-refractivity contribution < 1.29 is 5.21 Å². The molecule has 0 radical (unpaired) electrons. The van der Waals surface area contributed by atoms with Crippen LogP contribution in [-0.2, 0) is 0 Å². The summed E-state index contributed by atoms with van der Waals surface area (Å²) < 4.78 is 0. The molecule has 6 nitrogen and oxygen atoms in total. The summed E-state index contributed by atoms with van der Waals surface area (Å²) >= 11 is 0. The van der Waals surface area contributed by atoms with Crippen LogP contribution in [0.5, 0.6) is 0 Å². The number of nitrogens with zero attached hydrogens (tertiary/aromatic N) is 4. The summed E-state index contributed by atoms with van der Waals surface area (Å²) in [6.07, 6.45) is 3.59. The fourth-order valence-electron chi connectivity index (χ4n) is 2.84. The van der Waals surface area contributed by atoms with Crippen LogP contribution in [0.2, 0.25) is 0 Å². The normalized spacial score (nSPS) is 19.6. The van der Waals surface area contributed by atoms with Gasteiger partial charge in [-0.15, -0.1) is 5.10 Å². The van der Waals surface area contributed by atoms with Gasteiger partial charge in [-0.05, 0) is 38.2 Å². The van der Waals surface area contributed by atoms with E-state index in [1.807, 2.05) is 13.8 Å². The van der Waals surface area contributed by atoms with Gasteiger partial charge in [0.15, 0.2) is 11.7 Å². The zero-order valence-electron chi connectivity index (χ0n) is 12.4. The predicted molar refractivity (Wildman–Crippen MR) is 79.2 cm³/mol. The highest BCUT2D eigenvalue weighted by Gasteiger charge is 2.27. The monoisotopic (exact) mass is 277 g/mol. The summed E-state index contributed by atoms with van der Waals surface area (Å²) in [5.41, 5.74) is 8.26. The van der Waals surface area contributed by atoms with E-state index in [2.05, 4.69) is 27.2 Å². The van der Waals surface area contributed by atoms with Gasteiger partial charge in [-0.1, -0.05) is 18.5 Å². The standard InChI is InChI=1S/C14H23N5O/c1-4-5-11-6-7-19(8-11)14-12(13(15)18-20)9(2)10(3)16-17-14/h11,20H,4-8H2,1-3H3,(H2,15,18). The maximum Gasteiger partial charge on any atom is 0.174 e. The van der Waals surface area contributed by atoms with Crippen molar-refractivity contribution in [1.29, 1.82) is 0 Å². The topological polar surface area (TPSA) is 87.6 Å². The molecule has 0 aromatic carbocycles. The Balaban J connectivity index is 2.35. The van der Waals surface area contributed by atoms with Crippen molar-refractivity contribution in [1.82, 2.24) is 10.2 Å². The van der Waals surface area contributed by atoms with Crippen molar-refractivity contribution in [2.75, 3.05) is 18.0 Å². The highest BCUT2D eigenvalue weighted by atomic mass is 16.4. The first-order chi connectivity index (χ1) is 9.58. The Morgan fingerprint density at radius 3 is 2.85 bits per heavy atom. The molecule has 1 aliphatic heterocycles. The van der Waals surface area contributed by atoms with E-state index in [9.17, 15) is 0 Å². The molecule has 1 saturated heterocycles. The summed E-state index contributed by atoms with van der Waals surface area (Å²) in [6.45, 7) is 7.94. The Morgan fingerprint density at radius 2 is 2.20 bits per heavy atom. The highest BCUT2D eigenvalue weighted by molar-refractivity contribution is 6.02. The Hall–Kier alpha value is -1.85. The van der Waals surface area contributed by atoms with E-state index in [0.717, 1.165) is 36.6 Å². The highest BCUT2D eigenvalue weighted by Crippen LogP contribution is 2.29. The van der Waals surface area contributed by atoms with Crippen LogP contribution in [0.3, 0.4) is 0 Å². The molecule has 110 valence electrons. The smallest absolute Gasteiger partial charge is 0.174 e. The number of hydrogen-bond donors (Lipinski definition) is 2. The van der Waals surface area contributed by atoms with Gasteiger partial charge in [-0.3, -0.25) is 0 Å². The minimum atomic E-state index is 0.106. The molecule has 0 saturated carbocycles. The molecule has 2 heterocycles. The molecule has 3 N–H and O–H groups in total. The second-order valence-electron chi connectivity index (χ2n) is 5.48. The number of nitrogens with two attached hydrogens (primary N) is 1. The molecule has 1 fully saturated rings. The number of aryl methyl sites for hydroxylation is 1. The molecule has 0 bridgehead atoms.